The van der Waals surface area contributed by atoms with E-state index in [0.29, 0.717) is 6.04 Å². The largest absolute Gasteiger partial charge is 0.385 e. The molecular formula is C13H29NO. The Bertz CT molecular complexity index is 136. The van der Waals surface area contributed by atoms with Gasteiger partial charge in [0.25, 0.3) is 0 Å². The van der Waals surface area contributed by atoms with E-state index in [-0.39, 0.29) is 0 Å². The molecule has 2 nitrogen and oxygen atoms in total. The van der Waals surface area contributed by atoms with Gasteiger partial charge in [-0.2, -0.15) is 0 Å². The summed E-state index contributed by atoms with van der Waals surface area (Å²) in [6.45, 7) is 11.2. The summed E-state index contributed by atoms with van der Waals surface area (Å²) < 4.78 is 5.11. The van der Waals surface area contributed by atoms with Gasteiger partial charge in [-0.05, 0) is 37.6 Å². The van der Waals surface area contributed by atoms with Crippen LogP contribution >= 0.6 is 0 Å². The fourth-order valence-electron chi connectivity index (χ4n) is 1.79. The van der Waals surface area contributed by atoms with Crippen LogP contribution in [0.1, 0.15) is 47.0 Å². The molecule has 0 aliphatic heterocycles. The highest BCUT2D eigenvalue weighted by Gasteiger charge is 2.18. The number of hydrogen-bond donors (Lipinski definition) is 1. The van der Waals surface area contributed by atoms with E-state index >= 15 is 0 Å². The summed E-state index contributed by atoms with van der Waals surface area (Å²) >= 11 is 0. The second kappa shape index (κ2) is 9.17. The number of ether oxygens (including phenoxy) is 1. The SMILES string of the molecule is CCCNC(CCCOC)C(C)C(C)C. The summed E-state index contributed by atoms with van der Waals surface area (Å²) in [5.41, 5.74) is 0. The molecule has 0 aromatic carbocycles. The van der Waals surface area contributed by atoms with Crippen molar-refractivity contribution in [2.24, 2.45) is 11.8 Å². The summed E-state index contributed by atoms with van der Waals surface area (Å²) in [5, 5.41) is 3.65. The Hall–Kier alpha value is -0.0800. The van der Waals surface area contributed by atoms with Crippen molar-refractivity contribution >= 4 is 0 Å². The molecule has 0 aromatic rings. The van der Waals surface area contributed by atoms with Crippen molar-refractivity contribution in [2.75, 3.05) is 20.3 Å². The smallest absolute Gasteiger partial charge is 0.0462 e. The van der Waals surface area contributed by atoms with Crippen LogP contribution in [-0.4, -0.2) is 26.3 Å². The lowest BCUT2D eigenvalue weighted by atomic mass is 9.87. The molecule has 0 rings (SSSR count). The summed E-state index contributed by atoms with van der Waals surface area (Å²) in [5.74, 6) is 1.50. The third kappa shape index (κ3) is 6.91. The molecule has 92 valence electrons. The lowest BCUT2D eigenvalue weighted by Gasteiger charge is -2.28. The highest BCUT2D eigenvalue weighted by molar-refractivity contribution is 4.75. The van der Waals surface area contributed by atoms with Gasteiger partial charge < -0.3 is 10.1 Å². The number of methoxy groups -OCH3 is 1. The van der Waals surface area contributed by atoms with Crippen LogP contribution in [0.3, 0.4) is 0 Å². The van der Waals surface area contributed by atoms with Crippen LogP contribution in [0.15, 0.2) is 0 Å². The highest BCUT2D eigenvalue weighted by Crippen LogP contribution is 2.18. The van der Waals surface area contributed by atoms with Crippen molar-refractivity contribution in [1.29, 1.82) is 0 Å². The number of nitrogens with one attached hydrogen (secondary N) is 1. The normalized spacial score (nSPS) is 15.6. The highest BCUT2D eigenvalue weighted by atomic mass is 16.5. The zero-order valence-electron chi connectivity index (χ0n) is 11.2. The molecule has 0 saturated carbocycles. The maximum absolute atomic E-state index is 5.11. The van der Waals surface area contributed by atoms with Gasteiger partial charge in [0.05, 0.1) is 0 Å². The van der Waals surface area contributed by atoms with Crippen LogP contribution in [0.2, 0.25) is 0 Å². The van der Waals surface area contributed by atoms with E-state index in [1.807, 2.05) is 0 Å². The van der Waals surface area contributed by atoms with Crippen molar-refractivity contribution in [2.45, 2.75) is 53.0 Å². The van der Waals surface area contributed by atoms with Crippen molar-refractivity contribution in [1.82, 2.24) is 5.32 Å². The molecule has 0 aliphatic rings. The number of hydrogen-bond acceptors (Lipinski definition) is 2. The van der Waals surface area contributed by atoms with E-state index in [2.05, 4.69) is 33.0 Å². The van der Waals surface area contributed by atoms with Crippen LogP contribution in [0.5, 0.6) is 0 Å². The average molecular weight is 215 g/mol. The summed E-state index contributed by atoms with van der Waals surface area (Å²) in [7, 11) is 1.78. The first-order valence-electron chi connectivity index (χ1n) is 6.35. The lowest BCUT2D eigenvalue weighted by Crippen LogP contribution is -2.37. The molecule has 15 heavy (non-hydrogen) atoms. The zero-order valence-corrected chi connectivity index (χ0v) is 11.2. The monoisotopic (exact) mass is 215 g/mol. The van der Waals surface area contributed by atoms with Crippen molar-refractivity contribution in [3.63, 3.8) is 0 Å². The Balaban J connectivity index is 3.93. The summed E-state index contributed by atoms with van der Waals surface area (Å²) in [6, 6.07) is 0.653. The van der Waals surface area contributed by atoms with Crippen LogP contribution < -0.4 is 5.32 Å². The standard InChI is InChI=1S/C13H29NO/c1-6-9-14-13(8-7-10-15-5)12(4)11(2)3/h11-14H,6-10H2,1-5H3. The summed E-state index contributed by atoms with van der Waals surface area (Å²) in [6.07, 6.45) is 3.60. The molecule has 0 bridgehead atoms. The van der Waals surface area contributed by atoms with Gasteiger partial charge in [-0.1, -0.05) is 27.7 Å². The molecule has 0 saturated heterocycles. The Morgan fingerprint density at radius 2 is 1.87 bits per heavy atom. The molecule has 0 amide bonds. The van der Waals surface area contributed by atoms with Crippen LogP contribution in [-0.2, 0) is 4.74 Å². The molecule has 0 heterocycles. The lowest BCUT2D eigenvalue weighted by molar-refractivity contribution is 0.180. The van der Waals surface area contributed by atoms with Gasteiger partial charge in [-0.25, -0.2) is 0 Å². The Morgan fingerprint density at radius 1 is 1.20 bits per heavy atom. The molecule has 2 atom stereocenters. The maximum Gasteiger partial charge on any atom is 0.0462 e. The van der Waals surface area contributed by atoms with Gasteiger partial charge in [0, 0.05) is 19.8 Å². The van der Waals surface area contributed by atoms with E-state index in [0.717, 1.165) is 31.4 Å². The second-order valence-electron chi connectivity index (χ2n) is 4.80. The van der Waals surface area contributed by atoms with Gasteiger partial charge in [0.2, 0.25) is 0 Å². The molecule has 1 N–H and O–H groups in total. The predicted octanol–water partition coefficient (Wildman–Crippen LogP) is 3.07. The van der Waals surface area contributed by atoms with Crippen molar-refractivity contribution in [3.8, 4) is 0 Å². The third-order valence-corrected chi connectivity index (χ3v) is 3.21. The molecule has 2 unspecified atom stereocenters. The molecule has 0 fully saturated rings. The van der Waals surface area contributed by atoms with E-state index < -0.39 is 0 Å². The van der Waals surface area contributed by atoms with Crippen molar-refractivity contribution < 1.29 is 4.74 Å². The third-order valence-electron chi connectivity index (χ3n) is 3.21. The molecule has 0 spiro atoms. The van der Waals surface area contributed by atoms with Crippen LogP contribution in [0, 0.1) is 11.8 Å². The van der Waals surface area contributed by atoms with Crippen molar-refractivity contribution in [3.05, 3.63) is 0 Å². The minimum Gasteiger partial charge on any atom is -0.385 e. The first kappa shape index (κ1) is 14.9. The first-order chi connectivity index (χ1) is 7.13. The molecule has 0 aliphatic carbocycles. The van der Waals surface area contributed by atoms with E-state index in [1.54, 1.807) is 7.11 Å². The molecule has 2 heteroatoms. The minimum absolute atomic E-state index is 0.653. The van der Waals surface area contributed by atoms with Gasteiger partial charge in [-0.15, -0.1) is 0 Å². The van der Waals surface area contributed by atoms with Crippen LogP contribution in [0.4, 0.5) is 0 Å². The fraction of sp³-hybridized carbons (Fsp3) is 1.00. The Labute approximate surface area is 95.8 Å². The van der Waals surface area contributed by atoms with Gasteiger partial charge >= 0.3 is 0 Å². The van der Waals surface area contributed by atoms with Gasteiger partial charge in [0.1, 0.15) is 0 Å². The second-order valence-corrected chi connectivity index (χ2v) is 4.80. The Morgan fingerprint density at radius 3 is 2.33 bits per heavy atom. The zero-order chi connectivity index (χ0) is 11.7. The quantitative estimate of drug-likeness (QED) is 0.597. The maximum atomic E-state index is 5.11. The first-order valence-corrected chi connectivity index (χ1v) is 6.35. The molecule has 0 aromatic heterocycles. The van der Waals surface area contributed by atoms with Gasteiger partial charge in [-0.3, -0.25) is 0 Å². The van der Waals surface area contributed by atoms with Gasteiger partial charge in [0.15, 0.2) is 0 Å². The minimum atomic E-state index is 0.653. The topological polar surface area (TPSA) is 21.3 Å². The van der Waals surface area contributed by atoms with Crippen LogP contribution in [0.25, 0.3) is 0 Å². The average Bonchev–Trinajstić information content (AvgIpc) is 2.22. The Kier molecular flexibility index (Phi) is 9.12. The fourth-order valence-corrected chi connectivity index (χ4v) is 1.79. The molecular weight excluding hydrogens is 186 g/mol. The predicted molar refractivity (Wildman–Crippen MR) is 67.2 cm³/mol. The van der Waals surface area contributed by atoms with E-state index in [1.165, 1.54) is 12.8 Å². The van der Waals surface area contributed by atoms with E-state index in [4.69, 9.17) is 4.74 Å². The summed E-state index contributed by atoms with van der Waals surface area (Å²) in [4.78, 5) is 0. The van der Waals surface area contributed by atoms with E-state index in [9.17, 15) is 0 Å². The number of rotatable bonds is 9. The molecule has 0 radical (unpaired) electrons.